The van der Waals surface area contributed by atoms with Crippen LogP contribution >= 0.6 is 0 Å². The van der Waals surface area contributed by atoms with E-state index in [1.54, 1.807) is 0 Å². The Kier molecular flexibility index (Phi) is 3.75. The van der Waals surface area contributed by atoms with Crippen LogP contribution in [0.3, 0.4) is 0 Å². The van der Waals surface area contributed by atoms with Crippen LogP contribution in [0.15, 0.2) is 30.5 Å². The molecule has 14 heavy (non-hydrogen) atoms. The van der Waals surface area contributed by atoms with Crippen LogP contribution in [0.1, 0.15) is 37.8 Å². The van der Waals surface area contributed by atoms with Crippen molar-refractivity contribution in [2.24, 2.45) is 0 Å². The van der Waals surface area contributed by atoms with Crippen molar-refractivity contribution in [3.63, 3.8) is 0 Å². The van der Waals surface area contributed by atoms with Crippen LogP contribution in [0.2, 0.25) is 0 Å². The normalized spacial score (nSPS) is 10.3. The van der Waals surface area contributed by atoms with Crippen LogP contribution in [0.5, 0.6) is 0 Å². The van der Waals surface area contributed by atoms with Crippen molar-refractivity contribution in [3.05, 3.63) is 47.7 Å². The van der Waals surface area contributed by atoms with Crippen molar-refractivity contribution in [1.82, 2.24) is 0 Å². The van der Waals surface area contributed by atoms with E-state index in [4.69, 9.17) is 4.74 Å². The first-order valence-electron chi connectivity index (χ1n) is 4.88. The highest BCUT2D eigenvalue weighted by molar-refractivity contribution is 5.28. The fourth-order valence-corrected chi connectivity index (χ4v) is 1.35. The van der Waals surface area contributed by atoms with Gasteiger partial charge in [-0.25, -0.2) is 0 Å². The largest absolute Gasteiger partial charge is 0.494 e. The van der Waals surface area contributed by atoms with Gasteiger partial charge >= 0.3 is 0 Å². The molecule has 1 aromatic carbocycles. The molecule has 1 aromatic rings. The second kappa shape index (κ2) is 4.85. The van der Waals surface area contributed by atoms with Crippen LogP contribution in [-0.2, 0) is 11.3 Å². The molecule has 0 amide bonds. The Balaban J connectivity index is 2.79. The first-order valence-corrected chi connectivity index (χ1v) is 4.88. The zero-order chi connectivity index (χ0) is 10.6. The molecule has 0 fully saturated rings. The third kappa shape index (κ3) is 2.91. The lowest BCUT2D eigenvalue weighted by Crippen LogP contribution is -1.98. The average Bonchev–Trinajstić information content (AvgIpc) is 2.15. The molecule has 0 heterocycles. The Hall–Kier alpha value is -1.24. The lowest BCUT2D eigenvalue weighted by atomic mass is 9.98. The lowest BCUT2D eigenvalue weighted by Gasteiger charge is -2.12. The molecular formula is C13H17O. The van der Waals surface area contributed by atoms with Gasteiger partial charge in [0.15, 0.2) is 0 Å². The molecule has 0 bridgehead atoms. The van der Waals surface area contributed by atoms with E-state index in [2.05, 4.69) is 32.6 Å². The predicted octanol–water partition coefficient (Wildman–Crippen LogP) is 3.66. The standard InChI is InChI=1S/C13H17O/c1-10(2)13-8-6-5-7-12(13)9-14-11(3)4/h5,7-8,10H,3,9H2,1-2,4H3. The van der Waals surface area contributed by atoms with Crippen LogP contribution in [0, 0.1) is 6.07 Å². The molecule has 0 aromatic heterocycles. The number of hydrogen-bond donors (Lipinski definition) is 0. The minimum Gasteiger partial charge on any atom is -0.494 e. The van der Waals surface area contributed by atoms with Gasteiger partial charge in [-0.2, -0.15) is 0 Å². The van der Waals surface area contributed by atoms with Gasteiger partial charge < -0.3 is 4.74 Å². The van der Waals surface area contributed by atoms with E-state index >= 15 is 0 Å². The molecule has 0 aliphatic heterocycles. The summed E-state index contributed by atoms with van der Waals surface area (Å²) in [6.07, 6.45) is 0. The maximum atomic E-state index is 5.41. The van der Waals surface area contributed by atoms with Crippen LogP contribution in [0.25, 0.3) is 0 Å². The van der Waals surface area contributed by atoms with Gasteiger partial charge in [0.25, 0.3) is 0 Å². The maximum Gasteiger partial charge on any atom is 0.113 e. The minimum absolute atomic E-state index is 0.510. The molecule has 1 nitrogen and oxygen atoms in total. The first kappa shape index (κ1) is 10.8. The number of ether oxygens (including phenoxy) is 1. The van der Waals surface area contributed by atoms with Crippen LogP contribution in [0.4, 0.5) is 0 Å². The summed E-state index contributed by atoms with van der Waals surface area (Å²) in [6, 6.07) is 9.10. The van der Waals surface area contributed by atoms with E-state index in [1.807, 2.05) is 19.1 Å². The summed E-state index contributed by atoms with van der Waals surface area (Å²) in [5, 5.41) is 0. The van der Waals surface area contributed by atoms with E-state index in [0.29, 0.717) is 12.5 Å². The van der Waals surface area contributed by atoms with E-state index in [1.165, 1.54) is 11.1 Å². The SMILES string of the molecule is C=C(C)OCc1cc[c]cc1C(C)C. The molecule has 0 aliphatic rings. The van der Waals surface area contributed by atoms with Crippen molar-refractivity contribution in [2.75, 3.05) is 0 Å². The smallest absolute Gasteiger partial charge is 0.113 e. The van der Waals surface area contributed by atoms with Gasteiger partial charge in [-0.05, 0) is 30.0 Å². The molecule has 0 saturated heterocycles. The summed E-state index contributed by atoms with van der Waals surface area (Å²) >= 11 is 0. The fourth-order valence-electron chi connectivity index (χ4n) is 1.35. The highest BCUT2D eigenvalue weighted by Crippen LogP contribution is 2.20. The summed E-state index contributed by atoms with van der Waals surface area (Å²) < 4.78 is 5.41. The Labute approximate surface area is 86.4 Å². The van der Waals surface area contributed by atoms with Gasteiger partial charge in [0.05, 0.1) is 5.76 Å². The summed E-state index contributed by atoms with van der Waals surface area (Å²) in [7, 11) is 0. The molecule has 0 atom stereocenters. The van der Waals surface area contributed by atoms with E-state index < -0.39 is 0 Å². The summed E-state index contributed by atoms with van der Waals surface area (Å²) in [6.45, 7) is 10.5. The number of benzene rings is 1. The molecule has 0 N–H and O–H groups in total. The van der Waals surface area contributed by atoms with Gasteiger partial charge in [-0.3, -0.25) is 0 Å². The molecule has 75 valence electrons. The van der Waals surface area contributed by atoms with Crippen LogP contribution in [-0.4, -0.2) is 0 Å². The maximum absolute atomic E-state index is 5.41. The van der Waals surface area contributed by atoms with Crippen molar-refractivity contribution in [2.45, 2.75) is 33.3 Å². The second-order valence-electron chi connectivity index (χ2n) is 3.77. The average molecular weight is 189 g/mol. The van der Waals surface area contributed by atoms with Crippen molar-refractivity contribution >= 4 is 0 Å². The fraction of sp³-hybridized carbons (Fsp3) is 0.385. The quantitative estimate of drug-likeness (QED) is 0.657. The first-order chi connectivity index (χ1) is 6.61. The third-order valence-corrected chi connectivity index (χ3v) is 2.09. The Morgan fingerprint density at radius 1 is 1.57 bits per heavy atom. The van der Waals surface area contributed by atoms with Gasteiger partial charge in [-0.1, -0.05) is 38.6 Å². The number of rotatable bonds is 4. The molecule has 1 radical (unpaired) electrons. The van der Waals surface area contributed by atoms with Crippen molar-refractivity contribution < 1.29 is 4.74 Å². The predicted molar refractivity (Wildman–Crippen MR) is 59.0 cm³/mol. The molecular weight excluding hydrogens is 172 g/mol. The zero-order valence-electron chi connectivity index (χ0n) is 9.13. The topological polar surface area (TPSA) is 9.23 Å². The summed E-state index contributed by atoms with van der Waals surface area (Å²) in [5.74, 6) is 1.27. The number of allylic oxidation sites excluding steroid dienone is 1. The second-order valence-corrected chi connectivity index (χ2v) is 3.77. The van der Waals surface area contributed by atoms with E-state index in [-0.39, 0.29) is 0 Å². The number of hydrogen-bond acceptors (Lipinski definition) is 1. The van der Waals surface area contributed by atoms with E-state index in [0.717, 1.165) is 5.76 Å². The van der Waals surface area contributed by atoms with Gasteiger partial charge in [0.1, 0.15) is 6.61 Å². The highest BCUT2D eigenvalue weighted by atomic mass is 16.5. The third-order valence-electron chi connectivity index (χ3n) is 2.09. The Morgan fingerprint density at radius 3 is 2.86 bits per heavy atom. The molecule has 0 aliphatic carbocycles. The monoisotopic (exact) mass is 189 g/mol. The molecule has 0 spiro atoms. The summed E-state index contributed by atoms with van der Waals surface area (Å²) in [5.41, 5.74) is 2.52. The zero-order valence-corrected chi connectivity index (χ0v) is 9.13. The van der Waals surface area contributed by atoms with Crippen molar-refractivity contribution in [1.29, 1.82) is 0 Å². The van der Waals surface area contributed by atoms with Gasteiger partial charge in [0.2, 0.25) is 0 Å². The Morgan fingerprint density at radius 2 is 2.29 bits per heavy atom. The minimum atomic E-state index is 0.510. The van der Waals surface area contributed by atoms with E-state index in [9.17, 15) is 0 Å². The summed E-state index contributed by atoms with van der Waals surface area (Å²) in [4.78, 5) is 0. The molecule has 0 unspecified atom stereocenters. The van der Waals surface area contributed by atoms with Gasteiger partial charge in [-0.15, -0.1) is 0 Å². The highest BCUT2D eigenvalue weighted by Gasteiger charge is 2.05. The van der Waals surface area contributed by atoms with Gasteiger partial charge in [0, 0.05) is 0 Å². The molecule has 1 rings (SSSR count). The van der Waals surface area contributed by atoms with Crippen LogP contribution < -0.4 is 0 Å². The Bertz CT molecular complexity index is 313. The lowest BCUT2D eigenvalue weighted by molar-refractivity contribution is 0.201. The molecule has 1 heteroatoms. The van der Waals surface area contributed by atoms with Crippen molar-refractivity contribution in [3.8, 4) is 0 Å². The molecule has 0 saturated carbocycles.